The summed E-state index contributed by atoms with van der Waals surface area (Å²) in [7, 11) is 0. The van der Waals surface area contributed by atoms with Gasteiger partial charge in [-0.3, -0.25) is 0 Å². The third-order valence-corrected chi connectivity index (χ3v) is 2.18. The molecule has 1 aromatic rings. The molecule has 0 bridgehead atoms. The third-order valence-electron chi connectivity index (χ3n) is 2.18. The van der Waals surface area contributed by atoms with E-state index >= 15 is 0 Å². The van der Waals surface area contributed by atoms with Crippen molar-refractivity contribution < 1.29 is 13.5 Å². The minimum Gasteiger partial charge on any atom is -0.487 e. The van der Waals surface area contributed by atoms with E-state index in [1.54, 1.807) is 0 Å². The fraction of sp³-hybridized carbons (Fsp3) is 0.400. The Labute approximate surface area is 80.7 Å². The van der Waals surface area contributed by atoms with Crippen molar-refractivity contribution in [3.8, 4) is 5.75 Å². The van der Waals surface area contributed by atoms with Crippen LogP contribution in [-0.4, -0.2) is 6.61 Å². The smallest absolute Gasteiger partial charge is 0.190 e. The molecular formula is C10H11F2NO. The summed E-state index contributed by atoms with van der Waals surface area (Å²) < 4.78 is 31.3. The fourth-order valence-corrected chi connectivity index (χ4v) is 1.20. The minimum absolute atomic E-state index is 0.0683. The molecule has 0 radical (unpaired) electrons. The Hall–Kier alpha value is -1.32. The van der Waals surface area contributed by atoms with Crippen LogP contribution in [-0.2, 0) is 0 Å². The summed E-state index contributed by atoms with van der Waals surface area (Å²) in [4.78, 5) is 0. The molecule has 1 saturated carbocycles. The summed E-state index contributed by atoms with van der Waals surface area (Å²) in [6.07, 6.45) is 2.16. The highest BCUT2D eigenvalue weighted by molar-refractivity contribution is 5.44. The molecule has 2 N–H and O–H groups in total. The molecule has 1 aliphatic carbocycles. The van der Waals surface area contributed by atoms with Crippen LogP contribution in [0.3, 0.4) is 0 Å². The van der Waals surface area contributed by atoms with E-state index in [2.05, 4.69) is 0 Å². The Kier molecular flexibility index (Phi) is 2.27. The number of halogens is 2. The maximum Gasteiger partial charge on any atom is 0.190 e. The molecule has 1 fully saturated rings. The molecular weight excluding hydrogens is 188 g/mol. The maximum absolute atomic E-state index is 13.1. The largest absolute Gasteiger partial charge is 0.487 e. The summed E-state index contributed by atoms with van der Waals surface area (Å²) in [5.74, 6) is -1.32. The lowest BCUT2D eigenvalue weighted by Gasteiger charge is -2.07. The van der Waals surface area contributed by atoms with E-state index < -0.39 is 11.6 Å². The topological polar surface area (TPSA) is 35.2 Å². The van der Waals surface area contributed by atoms with E-state index in [4.69, 9.17) is 10.5 Å². The maximum atomic E-state index is 13.1. The van der Waals surface area contributed by atoms with Gasteiger partial charge in [-0.1, -0.05) is 0 Å². The second-order valence-corrected chi connectivity index (χ2v) is 3.57. The van der Waals surface area contributed by atoms with Crippen molar-refractivity contribution in [1.82, 2.24) is 0 Å². The van der Waals surface area contributed by atoms with Crippen LogP contribution in [0.15, 0.2) is 12.1 Å². The first-order chi connectivity index (χ1) is 6.66. The standard InChI is InChI=1S/C10H11F2NO/c11-8-3-7(13)4-9(12)10(8)14-5-6-1-2-6/h3-4,6H,1-2,5,13H2. The molecule has 0 spiro atoms. The van der Waals surface area contributed by atoms with Crippen molar-refractivity contribution in [1.29, 1.82) is 0 Å². The second kappa shape index (κ2) is 3.44. The normalized spacial score (nSPS) is 15.6. The number of nitrogen functional groups attached to an aromatic ring is 1. The molecule has 0 amide bonds. The Morgan fingerprint density at radius 3 is 2.36 bits per heavy atom. The Morgan fingerprint density at radius 1 is 1.29 bits per heavy atom. The molecule has 14 heavy (non-hydrogen) atoms. The fourth-order valence-electron chi connectivity index (χ4n) is 1.20. The summed E-state index contributed by atoms with van der Waals surface area (Å²) in [6, 6.07) is 2.12. The van der Waals surface area contributed by atoms with Crippen molar-refractivity contribution in [2.24, 2.45) is 5.92 Å². The molecule has 76 valence electrons. The summed E-state index contributed by atoms with van der Waals surface area (Å²) in [5, 5.41) is 0. The van der Waals surface area contributed by atoms with Crippen LogP contribution in [0, 0.1) is 17.6 Å². The molecule has 0 heterocycles. The number of nitrogens with two attached hydrogens (primary N) is 1. The first-order valence-electron chi connectivity index (χ1n) is 4.54. The lowest BCUT2D eigenvalue weighted by molar-refractivity contribution is 0.270. The van der Waals surface area contributed by atoms with E-state index in [0.29, 0.717) is 12.5 Å². The monoisotopic (exact) mass is 199 g/mol. The average Bonchev–Trinajstić information content (AvgIpc) is 2.85. The number of hydrogen-bond donors (Lipinski definition) is 1. The van der Waals surface area contributed by atoms with Gasteiger partial charge in [-0.15, -0.1) is 0 Å². The zero-order valence-corrected chi connectivity index (χ0v) is 7.59. The minimum atomic E-state index is -0.733. The van der Waals surface area contributed by atoms with Crippen LogP contribution in [0.1, 0.15) is 12.8 Å². The molecule has 0 unspecified atom stereocenters. The van der Waals surface area contributed by atoms with Crippen LogP contribution < -0.4 is 10.5 Å². The number of anilines is 1. The SMILES string of the molecule is Nc1cc(F)c(OCC2CC2)c(F)c1. The second-order valence-electron chi connectivity index (χ2n) is 3.57. The summed E-state index contributed by atoms with van der Waals surface area (Å²) in [6.45, 7) is 0.387. The number of ether oxygens (including phenoxy) is 1. The van der Waals surface area contributed by atoms with Gasteiger partial charge in [-0.25, -0.2) is 8.78 Å². The zero-order valence-electron chi connectivity index (χ0n) is 7.59. The van der Waals surface area contributed by atoms with Gasteiger partial charge in [0.15, 0.2) is 17.4 Å². The van der Waals surface area contributed by atoms with Crippen LogP contribution in [0.2, 0.25) is 0 Å². The molecule has 1 aliphatic rings. The molecule has 0 saturated heterocycles. The molecule has 0 aliphatic heterocycles. The van der Waals surface area contributed by atoms with Crippen molar-refractivity contribution in [3.63, 3.8) is 0 Å². The number of benzene rings is 1. The quantitative estimate of drug-likeness (QED) is 0.758. The first-order valence-corrected chi connectivity index (χ1v) is 4.54. The first kappa shape index (κ1) is 9.24. The zero-order chi connectivity index (χ0) is 10.1. The Bertz CT molecular complexity index is 327. The summed E-state index contributed by atoms with van der Waals surface area (Å²) in [5.41, 5.74) is 5.33. The molecule has 1 aromatic carbocycles. The molecule has 4 heteroatoms. The van der Waals surface area contributed by atoms with Gasteiger partial charge in [0.25, 0.3) is 0 Å². The van der Waals surface area contributed by atoms with E-state index in [1.807, 2.05) is 0 Å². The molecule has 2 nitrogen and oxygen atoms in total. The van der Waals surface area contributed by atoms with Gasteiger partial charge in [0.2, 0.25) is 0 Å². The van der Waals surface area contributed by atoms with Crippen molar-refractivity contribution in [3.05, 3.63) is 23.8 Å². The highest BCUT2D eigenvalue weighted by atomic mass is 19.1. The van der Waals surface area contributed by atoms with Crippen LogP contribution in [0.5, 0.6) is 5.75 Å². The van der Waals surface area contributed by atoms with Gasteiger partial charge in [-0.05, 0) is 18.8 Å². The van der Waals surface area contributed by atoms with E-state index in [-0.39, 0.29) is 11.4 Å². The lowest BCUT2D eigenvalue weighted by Crippen LogP contribution is -2.03. The average molecular weight is 199 g/mol. The van der Waals surface area contributed by atoms with Gasteiger partial charge in [0.1, 0.15) is 0 Å². The van der Waals surface area contributed by atoms with Gasteiger partial charge in [0, 0.05) is 17.8 Å². The Morgan fingerprint density at radius 2 is 1.86 bits per heavy atom. The van der Waals surface area contributed by atoms with Crippen molar-refractivity contribution in [2.75, 3.05) is 12.3 Å². The van der Waals surface area contributed by atoms with Gasteiger partial charge in [0.05, 0.1) is 6.61 Å². The van der Waals surface area contributed by atoms with Crippen LogP contribution in [0.25, 0.3) is 0 Å². The highest BCUT2D eigenvalue weighted by Gasteiger charge is 2.23. The van der Waals surface area contributed by atoms with Crippen molar-refractivity contribution >= 4 is 5.69 Å². The van der Waals surface area contributed by atoms with Crippen molar-refractivity contribution in [2.45, 2.75) is 12.8 Å². The molecule has 0 aromatic heterocycles. The van der Waals surface area contributed by atoms with Gasteiger partial charge < -0.3 is 10.5 Å². The van der Waals surface area contributed by atoms with E-state index in [1.165, 1.54) is 0 Å². The van der Waals surface area contributed by atoms with Gasteiger partial charge >= 0.3 is 0 Å². The lowest BCUT2D eigenvalue weighted by atomic mass is 10.3. The Balaban J connectivity index is 2.13. The van der Waals surface area contributed by atoms with Gasteiger partial charge in [-0.2, -0.15) is 0 Å². The molecule has 2 rings (SSSR count). The summed E-state index contributed by atoms with van der Waals surface area (Å²) >= 11 is 0. The predicted octanol–water partition coefficient (Wildman–Crippen LogP) is 2.34. The third kappa shape index (κ3) is 1.95. The van der Waals surface area contributed by atoms with Crippen LogP contribution >= 0.6 is 0 Å². The van der Waals surface area contributed by atoms with E-state index in [0.717, 1.165) is 25.0 Å². The predicted molar refractivity (Wildman–Crippen MR) is 49.0 cm³/mol. The number of hydrogen-bond acceptors (Lipinski definition) is 2. The van der Waals surface area contributed by atoms with E-state index in [9.17, 15) is 8.78 Å². The highest BCUT2D eigenvalue weighted by Crippen LogP contribution is 2.31. The number of rotatable bonds is 3. The molecule has 0 atom stereocenters. The van der Waals surface area contributed by atoms with Crippen LogP contribution in [0.4, 0.5) is 14.5 Å².